The quantitative estimate of drug-likeness (QED) is 0.685. The molecular weight excluding hydrogens is 326 g/mol. The van der Waals surface area contributed by atoms with E-state index in [9.17, 15) is 4.79 Å². The van der Waals surface area contributed by atoms with Gasteiger partial charge in [-0.3, -0.25) is 9.78 Å². The number of benzene rings is 1. The third kappa shape index (κ3) is 3.50. The number of amides is 1. The van der Waals surface area contributed by atoms with E-state index in [1.807, 2.05) is 42.5 Å². The molecule has 0 atom stereocenters. The van der Waals surface area contributed by atoms with Crippen LogP contribution < -0.4 is 11.5 Å². The molecule has 0 aliphatic rings. The number of rotatable bonds is 7. The highest BCUT2D eigenvalue weighted by atomic mass is 16.1. The largest absolute Gasteiger partial charge is 0.364 e. The van der Waals surface area contributed by atoms with Crippen molar-refractivity contribution in [1.82, 2.24) is 14.8 Å². The highest BCUT2D eigenvalue weighted by Crippen LogP contribution is 2.29. The third-order valence-corrected chi connectivity index (χ3v) is 4.30. The van der Waals surface area contributed by atoms with Crippen LogP contribution in [0.5, 0.6) is 0 Å². The number of para-hydroxylation sites is 1. The topological polar surface area (TPSA) is 99.8 Å². The van der Waals surface area contributed by atoms with Crippen LogP contribution in [-0.2, 0) is 13.0 Å². The Bertz CT molecular complexity index is 885. The van der Waals surface area contributed by atoms with E-state index in [2.05, 4.69) is 17.0 Å². The summed E-state index contributed by atoms with van der Waals surface area (Å²) in [6.45, 7) is 2.54. The van der Waals surface area contributed by atoms with Crippen LogP contribution >= 0.6 is 0 Å². The number of hydrogen-bond acceptors (Lipinski definition) is 4. The average Bonchev–Trinajstić information content (AvgIpc) is 3.06. The van der Waals surface area contributed by atoms with Crippen LogP contribution in [0.15, 0.2) is 48.7 Å². The van der Waals surface area contributed by atoms with Crippen LogP contribution in [0, 0.1) is 0 Å². The van der Waals surface area contributed by atoms with Gasteiger partial charge < -0.3 is 11.5 Å². The summed E-state index contributed by atoms with van der Waals surface area (Å²) in [5.74, 6) is -0.523. The first-order valence-electron chi connectivity index (χ1n) is 8.78. The molecule has 1 amide bonds. The minimum Gasteiger partial charge on any atom is -0.364 e. The van der Waals surface area contributed by atoms with Crippen molar-refractivity contribution in [2.75, 3.05) is 0 Å². The number of aromatic nitrogens is 3. The van der Waals surface area contributed by atoms with Crippen molar-refractivity contribution in [3.05, 3.63) is 65.5 Å². The number of nitrogens with zero attached hydrogens (tertiary/aromatic N) is 3. The fraction of sp³-hybridized carbons (Fsp3) is 0.250. The average molecular weight is 349 g/mol. The number of primary amides is 1. The van der Waals surface area contributed by atoms with Crippen LogP contribution in [0.25, 0.3) is 17.1 Å². The van der Waals surface area contributed by atoms with Gasteiger partial charge in [0.25, 0.3) is 5.91 Å². The Labute approximate surface area is 152 Å². The zero-order valence-corrected chi connectivity index (χ0v) is 14.9. The van der Waals surface area contributed by atoms with E-state index < -0.39 is 5.91 Å². The predicted octanol–water partition coefficient (Wildman–Crippen LogP) is 2.83. The number of carbonyl (C=O) groups is 1. The zero-order chi connectivity index (χ0) is 18.5. The van der Waals surface area contributed by atoms with Gasteiger partial charge in [-0.1, -0.05) is 37.6 Å². The molecule has 6 nitrogen and oxygen atoms in total. The standard InChI is InChI=1S/C20H23N5O/c1-2-3-9-16-18(20(22)26)24-25(15-7-5-4-6-8-15)19(16)17-11-10-14(12-21)13-23-17/h4-8,10-11,13H,2-3,9,12,21H2,1H3,(H2,22,26). The van der Waals surface area contributed by atoms with Crippen LogP contribution in [0.2, 0.25) is 0 Å². The molecule has 0 bridgehead atoms. The molecule has 2 aromatic heterocycles. The van der Waals surface area contributed by atoms with Gasteiger partial charge in [-0.15, -0.1) is 0 Å². The summed E-state index contributed by atoms with van der Waals surface area (Å²) in [6.07, 6.45) is 4.42. The minimum absolute atomic E-state index is 0.307. The van der Waals surface area contributed by atoms with Crippen LogP contribution in [0.3, 0.4) is 0 Å². The molecule has 0 fully saturated rings. The number of unbranched alkanes of at least 4 members (excludes halogenated alkanes) is 1. The molecule has 26 heavy (non-hydrogen) atoms. The predicted molar refractivity (Wildman–Crippen MR) is 102 cm³/mol. The molecule has 0 saturated heterocycles. The van der Waals surface area contributed by atoms with Gasteiger partial charge in [-0.2, -0.15) is 5.10 Å². The Morgan fingerprint density at radius 3 is 2.50 bits per heavy atom. The van der Waals surface area contributed by atoms with E-state index in [-0.39, 0.29) is 0 Å². The molecule has 4 N–H and O–H groups in total. The number of nitrogens with two attached hydrogens (primary N) is 2. The lowest BCUT2D eigenvalue weighted by molar-refractivity contribution is 0.0994. The Morgan fingerprint density at radius 2 is 1.92 bits per heavy atom. The van der Waals surface area contributed by atoms with Gasteiger partial charge in [-0.25, -0.2) is 4.68 Å². The fourth-order valence-corrected chi connectivity index (χ4v) is 2.94. The second-order valence-corrected chi connectivity index (χ2v) is 6.15. The van der Waals surface area contributed by atoms with E-state index in [0.717, 1.165) is 47.5 Å². The van der Waals surface area contributed by atoms with Crippen molar-refractivity contribution >= 4 is 5.91 Å². The summed E-state index contributed by atoms with van der Waals surface area (Å²) in [4.78, 5) is 16.6. The van der Waals surface area contributed by atoms with E-state index >= 15 is 0 Å². The molecule has 0 unspecified atom stereocenters. The third-order valence-electron chi connectivity index (χ3n) is 4.30. The van der Waals surface area contributed by atoms with E-state index in [0.29, 0.717) is 12.2 Å². The SMILES string of the molecule is CCCCc1c(C(N)=O)nn(-c2ccccc2)c1-c1ccc(CN)cn1. The summed E-state index contributed by atoms with van der Waals surface area (Å²) in [5.41, 5.74) is 15.8. The van der Waals surface area contributed by atoms with E-state index in [1.54, 1.807) is 10.9 Å². The second-order valence-electron chi connectivity index (χ2n) is 6.15. The van der Waals surface area contributed by atoms with Crippen LogP contribution in [0.1, 0.15) is 41.4 Å². The first-order chi connectivity index (χ1) is 12.7. The molecule has 6 heteroatoms. The monoisotopic (exact) mass is 349 g/mol. The van der Waals surface area contributed by atoms with Crippen molar-refractivity contribution in [3.8, 4) is 17.1 Å². The number of hydrogen-bond donors (Lipinski definition) is 2. The minimum atomic E-state index is -0.523. The molecule has 3 aromatic rings. The number of pyridine rings is 1. The second kappa shape index (κ2) is 7.93. The number of carbonyl (C=O) groups excluding carboxylic acids is 1. The zero-order valence-electron chi connectivity index (χ0n) is 14.9. The van der Waals surface area contributed by atoms with Gasteiger partial charge in [0, 0.05) is 18.3 Å². The highest BCUT2D eigenvalue weighted by Gasteiger charge is 2.23. The van der Waals surface area contributed by atoms with Gasteiger partial charge in [0.2, 0.25) is 0 Å². The fourth-order valence-electron chi connectivity index (χ4n) is 2.94. The van der Waals surface area contributed by atoms with Gasteiger partial charge in [0.05, 0.1) is 17.1 Å². The van der Waals surface area contributed by atoms with Gasteiger partial charge in [0.1, 0.15) is 0 Å². The Morgan fingerprint density at radius 1 is 1.15 bits per heavy atom. The normalized spacial score (nSPS) is 10.8. The molecule has 0 aliphatic heterocycles. The van der Waals surface area contributed by atoms with Crippen molar-refractivity contribution < 1.29 is 4.79 Å². The lowest BCUT2D eigenvalue weighted by atomic mass is 10.0. The summed E-state index contributed by atoms with van der Waals surface area (Å²) >= 11 is 0. The maximum Gasteiger partial charge on any atom is 0.269 e. The first kappa shape index (κ1) is 17.8. The van der Waals surface area contributed by atoms with Crippen molar-refractivity contribution in [3.63, 3.8) is 0 Å². The van der Waals surface area contributed by atoms with Crippen LogP contribution in [-0.4, -0.2) is 20.7 Å². The van der Waals surface area contributed by atoms with Crippen molar-refractivity contribution in [2.45, 2.75) is 32.7 Å². The highest BCUT2D eigenvalue weighted by molar-refractivity contribution is 5.94. The molecule has 0 aliphatic carbocycles. The summed E-state index contributed by atoms with van der Waals surface area (Å²) in [7, 11) is 0. The molecule has 134 valence electrons. The van der Waals surface area contributed by atoms with E-state index in [4.69, 9.17) is 11.5 Å². The molecule has 3 rings (SSSR count). The molecule has 0 saturated carbocycles. The molecule has 2 heterocycles. The van der Waals surface area contributed by atoms with Gasteiger partial charge >= 0.3 is 0 Å². The lowest BCUT2D eigenvalue weighted by Crippen LogP contribution is -2.14. The Hall–Kier alpha value is -2.99. The summed E-state index contributed by atoms with van der Waals surface area (Å²) in [6, 6.07) is 13.5. The molecular formula is C20H23N5O. The molecule has 1 aromatic carbocycles. The smallest absolute Gasteiger partial charge is 0.269 e. The van der Waals surface area contributed by atoms with Gasteiger partial charge in [-0.05, 0) is 36.6 Å². The summed E-state index contributed by atoms with van der Waals surface area (Å²) < 4.78 is 1.76. The maximum atomic E-state index is 12.0. The molecule has 0 spiro atoms. The molecule has 0 radical (unpaired) electrons. The Balaban J connectivity index is 2.24. The Kier molecular flexibility index (Phi) is 5.43. The van der Waals surface area contributed by atoms with Gasteiger partial charge in [0.15, 0.2) is 5.69 Å². The van der Waals surface area contributed by atoms with Crippen molar-refractivity contribution in [1.29, 1.82) is 0 Å². The lowest BCUT2D eigenvalue weighted by Gasteiger charge is -2.10. The first-order valence-corrected chi connectivity index (χ1v) is 8.78. The maximum absolute atomic E-state index is 12.0. The van der Waals surface area contributed by atoms with E-state index in [1.165, 1.54) is 0 Å². The van der Waals surface area contributed by atoms with Crippen LogP contribution in [0.4, 0.5) is 0 Å². The summed E-state index contributed by atoms with van der Waals surface area (Å²) in [5, 5.41) is 4.53. The van der Waals surface area contributed by atoms with Crippen molar-refractivity contribution in [2.24, 2.45) is 11.5 Å².